The lowest BCUT2D eigenvalue weighted by molar-refractivity contribution is 0.924. The molecule has 0 saturated carbocycles. The Hall–Kier alpha value is -2.15. The number of aromatic nitrogens is 1. The van der Waals surface area contributed by atoms with Gasteiger partial charge in [0.25, 0.3) is 0 Å². The number of fused-ring (bicyclic) bond motifs is 1. The third-order valence-corrected chi connectivity index (χ3v) is 5.02. The number of hydrogen-bond acceptors (Lipinski definition) is 1. The van der Waals surface area contributed by atoms with E-state index in [2.05, 4.69) is 68.2 Å². The first-order valence-corrected chi connectivity index (χ1v) is 9.22. The predicted octanol–water partition coefficient (Wildman–Crippen LogP) is 5.71. The highest BCUT2D eigenvalue weighted by atomic mass is 14.6. The van der Waals surface area contributed by atoms with Crippen LogP contribution in [0, 0.1) is 0 Å². The van der Waals surface area contributed by atoms with E-state index in [1.54, 1.807) is 0 Å². The van der Waals surface area contributed by atoms with E-state index in [4.69, 9.17) is 0 Å². The third kappa shape index (κ3) is 3.51. The highest BCUT2D eigenvalue weighted by Gasteiger charge is 2.06. The lowest BCUT2D eigenvalue weighted by Crippen LogP contribution is -1.98. The number of aryl methyl sites for hydroxylation is 5. The van der Waals surface area contributed by atoms with Crippen LogP contribution in [-0.4, -0.2) is 4.98 Å². The van der Waals surface area contributed by atoms with Crippen molar-refractivity contribution in [1.82, 2.24) is 4.98 Å². The predicted molar refractivity (Wildman–Crippen MR) is 104 cm³/mol. The zero-order valence-electron chi connectivity index (χ0n) is 15.1. The summed E-state index contributed by atoms with van der Waals surface area (Å²) in [5, 5.41) is 1.32. The molecule has 2 aromatic carbocycles. The molecule has 3 rings (SSSR count). The van der Waals surface area contributed by atoms with Crippen LogP contribution in [0.1, 0.15) is 48.6 Å². The molecule has 1 heteroatoms. The molecule has 0 aliphatic heterocycles. The molecule has 0 bridgehead atoms. The molecule has 0 spiro atoms. The monoisotopic (exact) mass is 317 g/mol. The maximum atomic E-state index is 4.50. The quantitative estimate of drug-likeness (QED) is 0.567. The van der Waals surface area contributed by atoms with Crippen LogP contribution in [0.5, 0.6) is 0 Å². The molecular formula is C23H27N. The molecular weight excluding hydrogens is 290 g/mol. The van der Waals surface area contributed by atoms with Crippen LogP contribution >= 0.6 is 0 Å². The lowest BCUT2D eigenvalue weighted by atomic mass is 9.95. The Bertz CT molecular complexity index is 833. The highest BCUT2D eigenvalue weighted by Crippen LogP contribution is 2.21. The first-order valence-electron chi connectivity index (χ1n) is 9.22. The van der Waals surface area contributed by atoms with Gasteiger partial charge in [-0.3, -0.25) is 4.98 Å². The van der Waals surface area contributed by atoms with Crippen molar-refractivity contribution in [2.24, 2.45) is 0 Å². The number of benzene rings is 2. The summed E-state index contributed by atoms with van der Waals surface area (Å²) in [6.07, 6.45) is 7.41. The third-order valence-electron chi connectivity index (χ3n) is 5.02. The van der Waals surface area contributed by atoms with E-state index in [0.717, 1.165) is 37.6 Å². The molecule has 24 heavy (non-hydrogen) atoms. The van der Waals surface area contributed by atoms with E-state index in [-0.39, 0.29) is 0 Å². The Morgan fingerprint density at radius 3 is 2.21 bits per heavy atom. The van der Waals surface area contributed by atoms with Crippen molar-refractivity contribution in [2.45, 2.75) is 52.9 Å². The molecule has 0 fully saturated rings. The first kappa shape index (κ1) is 16.7. The summed E-state index contributed by atoms with van der Waals surface area (Å²) in [5.74, 6) is 0. The van der Waals surface area contributed by atoms with E-state index >= 15 is 0 Å². The minimum Gasteiger partial charge on any atom is -0.256 e. The van der Waals surface area contributed by atoms with E-state index in [1.807, 2.05) is 6.20 Å². The highest BCUT2D eigenvalue weighted by molar-refractivity contribution is 5.82. The summed E-state index contributed by atoms with van der Waals surface area (Å²) >= 11 is 0. The standard InChI is InChI=1S/C23H27N/c1-4-17-7-10-19(5-2)21(15-17)11-8-18-9-12-23-22(16-18)20(6-3)13-14-24-23/h7,9-10,12-16H,4-6,8,11H2,1-3H3. The van der Waals surface area contributed by atoms with Gasteiger partial charge in [0.15, 0.2) is 0 Å². The van der Waals surface area contributed by atoms with Gasteiger partial charge in [0.2, 0.25) is 0 Å². The van der Waals surface area contributed by atoms with Crippen molar-refractivity contribution in [3.63, 3.8) is 0 Å². The molecule has 0 saturated heterocycles. The summed E-state index contributed by atoms with van der Waals surface area (Å²) in [5.41, 5.74) is 8.36. The molecule has 0 N–H and O–H groups in total. The minimum absolute atomic E-state index is 1.06. The Morgan fingerprint density at radius 2 is 1.46 bits per heavy atom. The summed E-state index contributed by atoms with van der Waals surface area (Å²) < 4.78 is 0. The van der Waals surface area contributed by atoms with Crippen LogP contribution in [0.4, 0.5) is 0 Å². The normalized spacial score (nSPS) is 11.1. The van der Waals surface area contributed by atoms with Gasteiger partial charge in [-0.05, 0) is 78.1 Å². The van der Waals surface area contributed by atoms with Crippen LogP contribution in [0.3, 0.4) is 0 Å². The summed E-state index contributed by atoms with van der Waals surface area (Å²) in [6.45, 7) is 6.69. The largest absolute Gasteiger partial charge is 0.256 e. The van der Waals surface area contributed by atoms with Crippen molar-refractivity contribution in [3.8, 4) is 0 Å². The van der Waals surface area contributed by atoms with Crippen molar-refractivity contribution < 1.29 is 0 Å². The maximum absolute atomic E-state index is 4.50. The Balaban J connectivity index is 1.85. The van der Waals surface area contributed by atoms with E-state index in [1.165, 1.54) is 33.2 Å². The van der Waals surface area contributed by atoms with Crippen LogP contribution in [-0.2, 0) is 32.1 Å². The molecule has 0 aliphatic carbocycles. The summed E-state index contributed by atoms with van der Waals surface area (Å²) in [4.78, 5) is 4.50. The van der Waals surface area contributed by atoms with Gasteiger partial charge in [-0.2, -0.15) is 0 Å². The number of pyridine rings is 1. The number of nitrogens with zero attached hydrogens (tertiary/aromatic N) is 1. The topological polar surface area (TPSA) is 12.9 Å². The zero-order chi connectivity index (χ0) is 16.9. The smallest absolute Gasteiger partial charge is 0.0704 e. The fourth-order valence-electron chi connectivity index (χ4n) is 3.47. The van der Waals surface area contributed by atoms with Gasteiger partial charge in [-0.1, -0.05) is 45.0 Å². The van der Waals surface area contributed by atoms with Crippen molar-refractivity contribution >= 4 is 10.9 Å². The van der Waals surface area contributed by atoms with Crippen LogP contribution in [0.25, 0.3) is 10.9 Å². The van der Waals surface area contributed by atoms with Gasteiger partial charge in [0.05, 0.1) is 5.52 Å². The Labute approximate surface area is 145 Å². The molecule has 0 amide bonds. The van der Waals surface area contributed by atoms with Gasteiger partial charge in [-0.25, -0.2) is 0 Å². The molecule has 124 valence electrons. The van der Waals surface area contributed by atoms with Crippen LogP contribution in [0.15, 0.2) is 48.7 Å². The minimum atomic E-state index is 1.06. The number of rotatable bonds is 6. The molecule has 0 unspecified atom stereocenters. The van der Waals surface area contributed by atoms with E-state index in [0.29, 0.717) is 0 Å². The van der Waals surface area contributed by atoms with E-state index in [9.17, 15) is 0 Å². The van der Waals surface area contributed by atoms with Crippen molar-refractivity contribution in [1.29, 1.82) is 0 Å². The molecule has 0 radical (unpaired) electrons. The van der Waals surface area contributed by atoms with E-state index < -0.39 is 0 Å². The Kier molecular flexibility index (Phi) is 5.30. The molecule has 1 aromatic heterocycles. The second-order valence-corrected chi connectivity index (χ2v) is 6.49. The van der Waals surface area contributed by atoms with Gasteiger partial charge in [-0.15, -0.1) is 0 Å². The molecule has 3 aromatic rings. The van der Waals surface area contributed by atoms with Gasteiger partial charge >= 0.3 is 0 Å². The first-order chi connectivity index (χ1) is 11.7. The summed E-state index contributed by atoms with van der Waals surface area (Å²) in [6, 6.07) is 15.9. The summed E-state index contributed by atoms with van der Waals surface area (Å²) in [7, 11) is 0. The molecule has 0 atom stereocenters. The lowest BCUT2D eigenvalue weighted by Gasteiger charge is -2.11. The second-order valence-electron chi connectivity index (χ2n) is 6.49. The van der Waals surface area contributed by atoms with Crippen molar-refractivity contribution in [2.75, 3.05) is 0 Å². The molecule has 1 heterocycles. The van der Waals surface area contributed by atoms with Gasteiger partial charge in [0, 0.05) is 11.6 Å². The Morgan fingerprint density at radius 1 is 0.667 bits per heavy atom. The SMILES string of the molecule is CCc1ccc(CC)c(CCc2ccc3nccc(CC)c3c2)c1. The van der Waals surface area contributed by atoms with Gasteiger partial charge in [0.1, 0.15) is 0 Å². The fraction of sp³-hybridized carbons (Fsp3) is 0.348. The molecule has 0 aliphatic rings. The molecule has 1 nitrogen and oxygen atoms in total. The van der Waals surface area contributed by atoms with Crippen LogP contribution in [0.2, 0.25) is 0 Å². The maximum Gasteiger partial charge on any atom is 0.0704 e. The van der Waals surface area contributed by atoms with Crippen molar-refractivity contribution in [3.05, 3.63) is 76.5 Å². The number of hydrogen-bond donors (Lipinski definition) is 0. The average molecular weight is 317 g/mol. The van der Waals surface area contributed by atoms with Crippen LogP contribution < -0.4 is 0 Å². The fourth-order valence-corrected chi connectivity index (χ4v) is 3.47. The second kappa shape index (κ2) is 7.61. The van der Waals surface area contributed by atoms with Gasteiger partial charge < -0.3 is 0 Å². The average Bonchev–Trinajstić information content (AvgIpc) is 2.65. The zero-order valence-corrected chi connectivity index (χ0v) is 15.1.